The van der Waals surface area contributed by atoms with Crippen molar-refractivity contribution in [1.29, 1.82) is 0 Å². The van der Waals surface area contributed by atoms with Gasteiger partial charge in [0.1, 0.15) is 0 Å². The molecule has 9 aromatic rings. The molecule has 0 N–H and O–H groups in total. The summed E-state index contributed by atoms with van der Waals surface area (Å²) in [5.74, 6) is 0. The highest BCUT2D eigenvalue weighted by Gasteiger charge is 2.18. The maximum atomic E-state index is 4.18. The minimum atomic E-state index is 1.17. The molecule has 2 nitrogen and oxygen atoms in total. The molecule has 0 spiro atoms. The fourth-order valence-corrected chi connectivity index (χ4v) is 7.22. The van der Waals surface area contributed by atoms with Gasteiger partial charge in [-0.2, -0.15) is 0 Å². The van der Waals surface area contributed by atoms with Crippen molar-refractivity contribution in [2.75, 3.05) is 0 Å². The number of nitrogens with zero attached hydrogens (tertiary/aromatic N) is 2. The average Bonchev–Trinajstić information content (AvgIpc) is 3.24. The van der Waals surface area contributed by atoms with Gasteiger partial charge in [0.25, 0.3) is 0 Å². The summed E-state index contributed by atoms with van der Waals surface area (Å²) < 4.78 is 0. The predicted molar refractivity (Wildman–Crippen MR) is 221 cm³/mol. The Hall–Kier alpha value is -6.64. The lowest BCUT2D eigenvalue weighted by Crippen LogP contribution is -1.92. The van der Waals surface area contributed by atoms with E-state index in [9.17, 15) is 0 Å². The molecule has 0 aliphatic heterocycles. The molecular formula is C50H38N2. The minimum absolute atomic E-state index is 1.17. The standard InChI is InChI=1S/C48H32N2.C2H6/c1-3-7-39(8-4-1)47-43-21-19-42(36-17-13-34(14-18-36)38-25-29-50-30-26-38)32-46(43)48(40-9-5-2-6-10-40)44-22-20-41(31-45(44)47)35-15-11-33(12-16-35)37-23-27-49-28-24-37;1-2/h1-32H;1-2H3. The van der Waals surface area contributed by atoms with Crippen LogP contribution < -0.4 is 0 Å². The van der Waals surface area contributed by atoms with Crippen LogP contribution in [0.1, 0.15) is 13.8 Å². The molecule has 0 saturated heterocycles. The van der Waals surface area contributed by atoms with Crippen molar-refractivity contribution in [1.82, 2.24) is 9.97 Å². The van der Waals surface area contributed by atoms with Gasteiger partial charge < -0.3 is 0 Å². The van der Waals surface area contributed by atoms with Crippen molar-refractivity contribution < 1.29 is 0 Å². The molecular weight excluding hydrogens is 629 g/mol. The average molecular weight is 667 g/mol. The normalized spacial score (nSPS) is 10.9. The number of pyridine rings is 2. The quantitative estimate of drug-likeness (QED) is 0.165. The summed E-state index contributed by atoms with van der Waals surface area (Å²) in [5.41, 5.74) is 14.4. The third-order valence-electron chi connectivity index (χ3n) is 9.71. The van der Waals surface area contributed by atoms with Crippen molar-refractivity contribution in [2.24, 2.45) is 0 Å². The topological polar surface area (TPSA) is 25.8 Å². The Morgan fingerprint density at radius 1 is 0.250 bits per heavy atom. The second-order valence-electron chi connectivity index (χ2n) is 12.6. The third-order valence-corrected chi connectivity index (χ3v) is 9.71. The van der Waals surface area contributed by atoms with Crippen LogP contribution in [0.15, 0.2) is 195 Å². The van der Waals surface area contributed by atoms with Crippen molar-refractivity contribution >= 4 is 21.5 Å². The first kappa shape index (κ1) is 32.6. The maximum Gasteiger partial charge on any atom is 0.0273 e. The molecule has 0 unspecified atom stereocenters. The van der Waals surface area contributed by atoms with Crippen LogP contribution in [0.25, 0.3) is 88.3 Å². The van der Waals surface area contributed by atoms with Gasteiger partial charge in [0.2, 0.25) is 0 Å². The van der Waals surface area contributed by atoms with Gasteiger partial charge in [-0.15, -0.1) is 0 Å². The Balaban J connectivity index is 0.00000190. The van der Waals surface area contributed by atoms with Crippen LogP contribution >= 0.6 is 0 Å². The molecule has 52 heavy (non-hydrogen) atoms. The first-order valence-corrected chi connectivity index (χ1v) is 18.0. The molecule has 2 aromatic heterocycles. The maximum absolute atomic E-state index is 4.18. The molecule has 9 rings (SSSR count). The molecule has 0 fully saturated rings. The van der Waals surface area contributed by atoms with Crippen LogP contribution in [0.5, 0.6) is 0 Å². The number of hydrogen-bond acceptors (Lipinski definition) is 2. The Morgan fingerprint density at radius 3 is 0.885 bits per heavy atom. The summed E-state index contributed by atoms with van der Waals surface area (Å²) in [6, 6.07) is 61.6. The zero-order chi connectivity index (χ0) is 35.3. The smallest absolute Gasteiger partial charge is 0.0273 e. The monoisotopic (exact) mass is 666 g/mol. The van der Waals surface area contributed by atoms with E-state index in [1.807, 2.05) is 38.6 Å². The van der Waals surface area contributed by atoms with Crippen molar-refractivity contribution in [3.63, 3.8) is 0 Å². The molecule has 0 bridgehead atoms. The van der Waals surface area contributed by atoms with Crippen LogP contribution in [0.4, 0.5) is 0 Å². The van der Waals surface area contributed by atoms with Gasteiger partial charge in [-0.05, 0) is 125 Å². The van der Waals surface area contributed by atoms with E-state index in [0.29, 0.717) is 0 Å². The van der Waals surface area contributed by atoms with Crippen LogP contribution in [-0.4, -0.2) is 9.97 Å². The van der Waals surface area contributed by atoms with E-state index >= 15 is 0 Å². The van der Waals surface area contributed by atoms with Gasteiger partial charge in [0.05, 0.1) is 0 Å². The number of aromatic nitrogens is 2. The molecule has 0 amide bonds. The lowest BCUT2D eigenvalue weighted by molar-refractivity contribution is 1.33. The number of rotatable bonds is 6. The summed E-state index contributed by atoms with van der Waals surface area (Å²) in [6.45, 7) is 4.00. The summed E-state index contributed by atoms with van der Waals surface area (Å²) in [6.07, 6.45) is 7.37. The molecule has 248 valence electrons. The lowest BCUT2D eigenvalue weighted by atomic mass is 9.84. The molecule has 0 radical (unpaired) electrons. The number of fused-ring (bicyclic) bond motifs is 2. The summed E-state index contributed by atoms with van der Waals surface area (Å²) in [7, 11) is 0. The molecule has 0 atom stereocenters. The van der Waals surface area contributed by atoms with Gasteiger partial charge in [-0.25, -0.2) is 0 Å². The molecule has 7 aromatic carbocycles. The van der Waals surface area contributed by atoms with E-state index < -0.39 is 0 Å². The molecule has 2 heterocycles. The minimum Gasteiger partial charge on any atom is -0.265 e. The van der Waals surface area contributed by atoms with Crippen LogP contribution in [0, 0.1) is 0 Å². The molecule has 0 aliphatic carbocycles. The van der Waals surface area contributed by atoms with Crippen LogP contribution in [0.3, 0.4) is 0 Å². The highest BCUT2D eigenvalue weighted by atomic mass is 14.6. The van der Waals surface area contributed by atoms with E-state index in [2.05, 4.69) is 180 Å². The second-order valence-corrected chi connectivity index (χ2v) is 12.6. The van der Waals surface area contributed by atoms with Gasteiger partial charge in [-0.1, -0.05) is 147 Å². The fraction of sp³-hybridized carbons (Fsp3) is 0.0400. The SMILES string of the molecule is CC.c1ccc(-c2c3ccc(-c4ccc(-c5ccncc5)cc4)cc3c(-c3ccccc3)c3ccc(-c4ccc(-c5ccncc5)cc4)cc23)cc1. The van der Waals surface area contributed by atoms with Crippen molar-refractivity contribution in [2.45, 2.75) is 13.8 Å². The van der Waals surface area contributed by atoms with Crippen LogP contribution in [0.2, 0.25) is 0 Å². The van der Waals surface area contributed by atoms with Crippen LogP contribution in [-0.2, 0) is 0 Å². The Kier molecular flexibility index (Phi) is 9.19. The number of hydrogen-bond donors (Lipinski definition) is 0. The summed E-state index contributed by atoms with van der Waals surface area (Å²) >= 11 is 0. The second kappa shape index (κ2) is 14.7. The Labute approximate surface area is 305 Å². The van der Waals surface area contributed by atoms with E-state index in [1.54, 1.807) is 0 Å². The largest absolute Gasteiger partial charge is 0.265 e. The molecule has 0 saturated carbocycles. The van der Waals surface area contributed by atoms with Crippen molar-refractivity contribution in [3.8, 4) is 66.8 Å². The van der Waals surface area contributed by atoms with Gasteiger partial charge in [-0.3, -0.25) is 9.97 Å². The zero-order valence-corrected chi connectivity index (χ0v) is 29.4. The fourth-order valence-electron chi connectivity index (χ4n) is 7.22. The highest BCUT2D eigenvalue weighted by Crippen LogP contribution is 2.46. The first-order valence-electron chi connectivity index (χ1n) is 18.0. The summed E-state index contributed by atoms with van der Waals surface area (Å²) in [5, 5.41) is 4.97. The molecule has 2 heteroatoms. The van der Waals surface area contributed by atoms with Gasteiger partial charge in [0, 0.05) is 24.8 Å². The number of benzene rings is 7. The van der Waals surface area contributed by atoms with E-state index in [0.717, 1.165) is 0 Å². The highest BCUT2D eigenvalue weighted by molar-refractivity contribution is 6.22. The Morgan fingerprint density at radius 2 is 0.538 bits per heavy atom. The van der Waals surface area contributed by atoms with Gasteiger partial charge >= 0.3 is 0 Å². The zero-order valence-electron chi connectivity index (χ0n) is 29.4. The van der Waals surface area contributed by atoms with Crippen molar-refractivity contribution in [3.05, 3.63) is 195 Å². The van der Waals surface area contributed by atoms with Gasteiger partial charge in [0.15, 0.2) is 0 Å². The molecule has 0 aliphatic rings. The first-order chi connectivity index (χ1) is 25.8. The predicted octanol–water partition coefficient (Wildman–Crippen LogP) is 13.8. The van der Waals surface area contributed by atoms with E-state index in [4.69, 9.17) is 0 Å². The lowest BCUT2D eigenvalue weighted by Gasteiger charge is -2.20. The summed E-state index contributed by atoms with van der Waals surface area (Å²) in [4.78, 5) is 8.36. The Bertz CT molecular complexity index is 2390. The third kappa shape index (κ3) is 6.27. The van der Waals surface area contributed by atoms with E-state index in [-0.39, 0.29) is 0 Å². The van der Waals surface area contributed by atoms with E-state index in [1.165, 1.54) is 88.3 Å².